The van der Waals surface area contributed by atoms with Crippen LogP contribution in [0.1, 0.15) is 52.0 Å². The van der Waals surface area contributed by atoms with Gasteiger partial charge in [-0.05, 0) is 69.6 Å². The lowest BCUT2D eigenvalue weighted by atomic mass is 9.70. The molecule has 1 heterocycles. The van der Waals surface area contributed by atoms with E-state index in [1.807, 2.05) is 26.8 Å². The summed E-state index contributed by atoms with van der Waals surface area (Å²) in [5.74, 6) is -0.307. The predicted octanol–water partition coefficient (Wildman–Crippen LogP) is 3.85. The third-order valence-electron chi connectivity index (χ3n) is 4.91. The van der Waals surface area contributed by atoms with Crippen LogP contribution in [0.25, 0.3) is 0 Å². The monoisotopic (exact) mass is 415 g/mol. The number of halogens is 1. The highest BCUT2D eigenvalue weighted by Crippen LogP contribution is 2.40. The first kappa shape index (κ1) is 22.6. The molecule has 0 N–H and O–H groups in total. The van der Waals surface area contributed by atoms with Crippen molar-refractivity contribution in [1.29, 1.82) is 0 Å². The van der Waals surface area contributed by atoms with E-state index in [1.54, 1.807) is 11.0 Å². The van der Waals surface area contributed by atoms with Gasteiger partial charge in [0.2, 0.25) is 0 Å². The van der Waals surface area contributed by atoms with Gasteiger partial charge in [-0.25, -0.2) is 9.18 Å². The van der Waals surface area contributed by atoms with Crippen LogP contribution in [0.3, 0.4) is 0 Å². The lowest BCUT2D eigenvalue weighted by molar-refractivity contribution is 0.0155. The number of likely N-dealkylation sites (tertiary alicyclic amines) is 1. The number of piperidine rings is 1. The highest BCUT2D eigenvalue weighted by atomic mass is 32.2. The van der Waals surface area contributed by atoms with Crippen molar-refractivity contribution in [2.75, 3.05) is 26.0 Å². The van der Waals surface area contributed by atoms with Gasteiger partial charge in [0.15, 0.2) is 0 Å². The molecule has 6 nitrogen and oxygen atoms in total. The summed E-state index contributed by atoms with van der Waals surface area (Å²) in [7, 11) is -3.49. The maximum absolute atomic E-state index is 13.8. The Kier molecular flexibility index (Phi) is 7.09. The first-order valence-corrected chi connectivity index (χ1v) is 11.3. The van der Waals surface area contributed by atoms with Crippen molar-refractivity contribution in [3.05, 3.63) is 35.6 Å². The molecular weight excluding hydrogens is 385 g/mol. The van der Waals surface area contributed by atoms with Gasteiger partial charge in [-0.2, -0.15) is 8.42 Å². The molecule has 1 saturated heterocycles. The summed E-state index contributed by atoms with van der Waals surface area (Å²) in [5, 5.41) is 0. The highest BCUT2D eigenvalue weighted by Gasteiger charge is 2.38. The number of amides is 1. The SMILES string of the molecule is CC(C)(C)OC(=O)N1CCC(CCCOS(C)(=O)=O)(c2cccc(F)c2)CC1. The average Bonchev–Trinajstić information content (AvgIpc) is 2.57. The van der Waals surface area contributed by atoms with E-state index in [-0.39, 0.29) is 23.9 Å². The van der Waals surface area contributed by atoms with Crippen LogP contribution >= 0.6 is 0 Å². The smallest absolute Gasteiger partial charge is 0.410 e. The van der Waals surface area contributed by atoms with Gasteiger partial charge in [0.05, 0.1) is 12.9 Å². The van der Waals surface area contributed by atoms with Crippen molar-refractivity contribution in [3.63, 3.8) is 0 Å². The molecule has 1 aromatic carbocycles. The van der Waals surface area contributed by atoms with Crippen LogP contribution in [0.4, 0.5) is 9.18 Å². The van der Waals surface area contributed by atoms with E-state index < -0.39 is 15.7 Å². The van der Waals surface area contributed by atoms with Gasteiger partial charge in [-0.1, -0.05) is 12.1 Å². The average molecular weight is 416 g/mol. The molecule has 1 amide bonds. The molecule has 0 radical (unpaired) electrons. The topological polar surface area (TPSA) is 72.9 Å². The maximum atomic E-state index is 13.8. The standard InChI is InChI=1S/C20H30FNO5S/c1-19(2,3)27-18(23)22-12-10-20(11-13-22,9-6-14-26-28(4,24)25)16-7-5-8-17(21)15-16/h5,7-8,15H,6,9-14H2,1-4H3. The van der Waals surface area contributed by atoms with Crippen LogP contribution in [0.2, 0.25) is 0 Å². The minimum Gasteiger partial charge on any atom is -0.444 e. The Morgan fingerprint density at radius 1 is 1.25 bits per heavy atom. The lowest BCUT2D eigenvalue weighted by Gasteiger charge is -2.42. The van der Waals surface area contributed by atoms with Gasteiger partial charge in [0.1, 0.15) is 11.4 Å². The molecule has 1 fully saturated rings. The molecule has 1 aliphatic rings. The third kappa shape index (κ3) is 6.74. The number of nitrogens with zero attached hydrogens (tertiary/aromatic N) is 1. The molecule has 0 aliphatic carbocycles. The van der Waals surface area contributed by atoms with E-state index in [9.17, 15) is 17.6 Å². The second kappa shape index (κ2) is 8.78. The van der Waals surface area contributed by atoms with Gasteiger partial charge < -0.3 is 9.64 Å². The molecule has 8 heteroatoms. The summed E-state index contributed by atoms with van der Waals surface area (Å²) < 4.78 is 46.5. The molecule has 0 aromatic heterocycles. The van der Waals surface area contributed by atoms with Gasteiger partial charge in [-0.15, -0.1) is 0 Å². The van der Waals surface area contributed by atoms with Gasteiger partial charge in [0.25, 0.3) is 10.1 Å². The molecule has 1 aliphatic heterocycles. The Balaban J connectivity index is 2.10. The zero-order valence-electron chi connectivity index (χ0n) is 17.0. The Hall–Kier alpha value is -1.67. The second-order valence-corrected chi connectivity index (χ2v) is 10.0. The van der Waals surface area contributed by atoms with E-state index in [0.717, 1.165) is 11.8 Å². The van der Waals surface area contributed by atoms with Crippen LogP contribution < -0.4 is 0 Å². The highest BCUT2D eigenvalue weighted by molar-refractivity contribution is 7.85. The van der Waals surface area contributed by atoms with Crippen LogP contribution in [0.5, 0.6) is 0 Å². The fourth-order valence-electron chi connectivity index (χ4n) is 3.57. The predicted molar refractivity (Wildman–Crippen MR) is 105 cm³/mol. The molecule has 1 aromatic rings. The summed E-state index contributed by atoms with van der Waals surface area (Å²) in [6, 6.07) is 6.50. The summed E-state index contributed by atoms with van der Waals surface area (Å²) in [4.78, 5) is 14.0. The van der Waals surface area contributed by atoms with E-state index >= 15 is 0 Å². The summed E-state index contributed by atoms with van der Waals surface area (Å²) in [5.41, 5.74) is -0.0192. The maximum Gasteiger partial charge on any atom is 0.410 e. The molecule has 0 bridgehead atoms. The fraction of sp³-hybridized carbons (Fsp3) is 0.650. The van der Waals surface area contributed by atoms with Crippen molar-refractivity contribution < 1.29 is 26.5 Å². The fourth-order valence-corrected chi connectivity index (χ4v) is 3.99. The summed E-state index contributed by atoms with van der Waals surface area (Å²) in [6.07, 6.45) is 3.14. The van der Waals surface area contributed by atoms with Crippen molar-refractivity contribution in [1.82, 2.24) is 4.90 Å². The summed E-state index contributed by atoms with van der Waals surface area (Å²) in [6.45, 7) is 6.57. The number of ether oxygens (including phenoxy) is 1. The zero-order chi connectivity index (χ0) is 21.0. The molecule has 2 rings (SSSR count). The number of carbonyl (C=O) groups excluding carboxylic acids is 1. The minimum atomic E-state index is -3.49. The largest absolute Gasteiger partial charge is 0.444 e. The Morgan fingerprint density at radius 2 is 1.89 bits per heavy atom. The third-order valence-corrected chi connectivity index (χ3v) is 5.50. The molecule has 28 heavy (non-hydrogen) atoms. The molecule has 0 spiro atoms. The molecule has 158 valence electrons. The Bertz CT molecular complexity index is 780. The van der Waals surface area contributed by atoms with Gasteiger partial charge in [0, 0.05) is 13.1 Å². The normalized spacial score (nSPS) is 17.4. The zero-order valence-corrected chi connectivity index (χ0v) is 17.9. The van der Waals surface area contributed by atoms with Gasteiger partial charge in [-0.3, -0.25) is 4.18 Å². The first-order valence-electron chi connectivity index (χ1n) is 9.49. The van der Waals surface area contributed by atoms with E-state index in [4.69, 9.17) is 8.92 Å². The first-order chi connectivity index (χ1) is 12.9. The van der Waals surface area contributed by atoms with Crippen LogP contribution in [0, 0.1) is 5.82 Å². The lowest BCUT2D eigenvalue weighted by Crippen LogP contribution is -2.47. The number of hydrogen-bond acceptors (Lipinski definition) is 5. The van der Waals surface area contributed by atoms with Crippen molar-refractivity contribution in [2.24, 2.45) is 0 Å². The van der Waals surface area contributed by atoms with Crippen molar-refractivity contribution in [2.45, 2.75) is 57.5 Å². The quantitative estimate of drug-likeness (QED) is 0.521. The Labute approximate surface area is 167 Å². The number of carbonyl (C=O) groups is 1. The minimum absolute atomic E-state index is 0.0890. The van der Waals surface area contributed by atoms with Gasteiger partial charge >= 0.3 is 6.09 Å². The van der Waals surface area contributed by atoms with E-state index in [1.165, 1.54) is 12.1 Å². The molecule has 0 atom stereocenters. The second-order valence-electron chi connectivity index (χ2n) is 8.39. The van der Waals surface area contributed by atoms with Crippen LogP contribution in [-0.2, 0) is 24.5 Å². The van der Waals surface area contributed by atoms with E-state index in [0.29, 0.717) is 38.8 Å². The van der Waals surface area contributed by atoms with Crippen LogP contribution in [0.15, 0.2) is 24.3 Å². The Morgan fingerprint density at radius 3 is 2.43 bits per heavy atom. The van der Waals surface area contributed by atoms with Crippen molar-refractivity contribution >= 4 is 16.2 Å². The molecular formula is C20H30FNO5S. The summed E-state index contributed by atoms with van der Waals surface area (Å²) >= 11 is 0. The van der Waals surface area contributed by atoms with Crippen molar-refractivity contribution in [3.8, 4) is 0 Å². The van der Waals surface area contributed by atoms with E-state index in [2.05, 4.69) is 0 Å². The van der Waals surface area contributed by atoms with Crippen LogP contribution in [-0.4, -0.2) is 51.0 Å². The molecule has 0 saturated carbocycles. The molecule has 0 unspecified atom stereocenters. The number of benzene rings is 1. The number of rotatable bonds is 6. The number of hydrogen-bond donors (Lipinski definition) is 0.